The van der Waals surface area contributed by atoms with Crippen LogP contribution in [0.4, 0.5) is 8.78 Å². The van der Waals surface area contributed by atoms with Crippen molar-refractivity contribution in [2.45, 2.75) is 43.4 Å². The molecule has 2 aromatic heterocycles. The minimum Gasteiger partial charge on any atom is -0.476 e. The lowest BCUT2D eigenvalue weighted by atomic mass is 9.96. The van der Waals surface area contributed by atoms with Gasteiger partial charge in [-0.05, 0) is 73.9 Å². The van der Waals surface area contributed by atoms with Crippen molar-refractivity contribution in [3.8, 4) is 28.2 Å². The largest absolute Gasteiger partial charge is 0.476 e. The number of hydrogen-bond donors (Lipinski definition) is 2. The second-order valence-corrected chi connectivity index (χ2v) is 12.0. The molecule has 1 unspecified atom stereocenters. The van der Waals surface area contributed by atoms with E-state index >= 15 is 0 Å². The van der Waals surface area contributed by atoms with Gasteiger partial charge in [0.05, 0.1) is 21.8 Å². The van der Waals surface area contributed by atoms with Crippen molar-refractivity contribution in [2.75, 3.05) is 0 Å². The summed E-state index contributed by atoms with van der Waals surface area (Å²) in [4.78, 5) is 15.7. The Morgan fingerprint density at radius 1 is 1.15 bits per heavy atom. The van der Waals surface area contributed by atoms with E-state index < -0.39 is 28.6 Å². The van der Waals surface area contributed by atoms with E-state index in [9.17, 15) is 22.9 Å². The first-order valence-corrected chi connectivity index (χ1v) is 14.9. The maximum absolute atomic E-state index is 14.7. The van der Waals surface area contributed by atoms with Crippen LogP contribution in [-0.2, 0) is 23.8 Å². The van der Waals surface area contributed by atoms with E-state index in [1.807, 2.05) is 0 Å². The van der Waals surface area contributed by atoms with Crippen molar-refractivity contribution < 1.29 is 22.9 Å². The molecule has 0 spiro atoms. The molecule has 0 amide bonds. The van der Waals surface area contributed by atoms with E-state index in [-0.39, 0.29) is 22.6 Å². The third-order valence-electron chi connectivity index (χ3n) is 6.98. The van der Waals surface area contributed by atoms with Crippen molar-refractivity contribution in [2.24, 2.45) is 17.0 Å². The molecule has 3 N–H and O–H groups in total. The minimum absolute atomic E-state index is 0.0807. The van der Waals surface area contributed by atoms with Crippen LogP contribution in [0.25, 0.3) is 16.4 Å². The number of carboxylic acid groups (broad SMARTS) is 1. The fraction of sp³-hybridized carbons (Fsp3) is 0.276. The third-order valence-corrected chi connectivity index (χ3v) is 8.56. The van der Waals surface area contributed by atoms with Crippen LogP contribution in [0.1, 0.15) is 58.6 Å². The van der Waals surface area contributed by atoms with Crippen LogP contribution in [0.2, 0.25) is 0 Å². The topological polar surface area (TPSA) is 111 Å². The fourth-order valence-corrected chi connectivity index (χ4v) is 5.75. The zero-order valence-electron chi connectivity index (χ0n) is 21.2. The molecule has 40 heavy (non-hydrogen) atoms. The Balaban J connectivity index is 1.51. The number of benzene rings is 2. The quantitative estimate of drug-likeness (QED) is 0.277. The van der Waals surface area contributed by atoms with E-state index in [1.165, 1.54) is 34.9 Å². The summed E-state index contributed by atoms with van der Waals surface area (Å²) in [5, 5.41) is 21.6. The van der Waals surface area contributed by atoms with Crippen LogP contribution >= 0.6 is 11.3 Å². The second-order valence-electron chi connectivity index (χ2n) is 10.1. The Hall–Kier alpha value is -3.72. The lowest BCUT2D eigenvalue weighted by Gasteiger charge is -2.10. The Bertz CT molecular complexity index is 1730. The number of hydrogen-bond acceptors (Lipinski definition) is 5. The van der Waals surface area contributed by atoms with Gasteiger partial charge in [0, 0.05) is 28.8 Å². The predicted molar refractivity (Wildman–Crippen MR) is 147 cm³/mol. The molecule has 0 aliphatic heterocycles. The van der Waals surface area contributed by atoms with E-state index in [4.69, 9.17) is 10.2 Å². The summed E-state index contributed by atoms with van der Waals surface area (Å²) in [6.45, 7) is 0. The first kappa shape index (κ1) is 26.5. The van der Waals surface area contributed by atoms with Gasteiger partial charge < -0.3 is 5.11 Å². The minimum atomic E-state index is -1.96. The molecule has 0 radical (unpaired) electrons. The van der Waals surface area contributed by atoms with Crippen molar-refractivity contribution in [3.63, 3.8) is 0 Å². The van der Waals surface area contributed by atoms with Crippen LogP contribution in [0, 0.1) is 35.3 Å². The van der Waals surface area contributed by atoms with Crippen LogP contribution in [0.5, 0.6) is 0 Å². The highest BCUT2D eigenvalue weighted by molar-refractivity contribution is 7.82. The Labute approximate surface area is 235 Å². The van der Waals surface area contributed by atoms with Crippen LogP contribution < -0.4 is 5.14 Å². The summed E-state index contributed by atoms with van der Waals surface area (Å²) >= 11 is 1.17. The molecule has 204 valence electrons. The smallest absolute Gasteiger partial charge is 0.355 e. The third kappa shape index (κ3) is 5.61. The zero-order chi connectivity index (χ0) is 28.0. The molecule has 2 heterocycles. The number of carboxylic acids is 1. The summed E-state index contributed by atoms with van der Waals surface area (Å²) in [5.74, 6) is 4.58. The fourth-order valence-electron chi connectivity index (χ4n) is 4.52. The molecule has 2 fully saturated rings. The molecule has 2 aromatic carbocycles. The Morgan fingerprint density at radius 3 is 2.60 bits per heavy atom. The van der Waals surface area contributed by atoms with Crippen LogP contribution in [-0.4, -0.2) is 30.0 Å². The number of halogens is 2. The highest BCUT2D eigenvalue weighted by Gasteiger charge is 2.29. The van der Waals surface area contributed by atoms with Gasteiger partial charge in [0.25, 0.3) is 0 Å². The maximum Gasteiger partial charge on any atom is 0.355 e. The molecule has 2 aliphatic carbocycles. The number of nitrogens with two attached hydrogens (primary N) is 1. The molecule has 6 rings (SSSR count). The lowest BCUT2D eigenvalue weighted by Crippen LogP contribution is -2.07. The van der Waals surface area contributed by atoms with Crippen molar-refractivity contribution >= 4 is 28.3 Å². The molecular weight excluding hydrogens is 554 g/mol. The molecule has 0 bridgehead atoms. The van der Waals surface area contributed by atoms with E-state index in [1.54, 1.807) is 22.9 Å². The molecule has 2 aliphatic rings. The van der Waals surface area contributed by atoms with Crippen LogP contribution in [0.3, 0.4) is 0 Å². The first-order chi connectivity index (χ1) is 19.3. The number of aromatic nitrogens is 3. The summed E-state index contributed by atoms with van der Waals surface area (Å²) in [6.07, 6.45) is 5.11. The van der Waals surface area contributed by atoms with Gasteiger partial charge in [0.1, 0.15) is 22.6 Å². The van der Waals surface area contributed by atoms with Gasteiger partial charge in [-0.1, -0.05) is 17.9 Å². The maximum atomic E-state index is 14.7. The summed E-state index contributed by atoms with van der Waals surface area (Å²) in [5.41, 5.74) is 3.65. The van der Waals surface area contributed by atoms with Crippen molar-refractivity contribution in [1.82, 2.24) is 14.8 Å². The number of carbonyl (C=O) groups is 1. The van der Waals surface area contributed by atoms with Gasteiger partial charge in [-0.3, -0.25) is 0 Å². The number of thiazole rings is 1. The average molecular weight is 579 g/mol. The number of rotatable bonds is 8. The van der Waals surface area contributed by atoms with E-state index in [2.05, 4.69) is 16.8 Å². The zero-order valence-corrected chi connectivity index (χ0v) is 22.8. The molecule has 0 saturated heterocycles. The Kier molecular flexibility index (Phi) is 7.08. The standard InChI is InChI=1S/C29H24F2N4O3S2/c30-22-9-8-20(14-19(22)7-5-16-1-2-16)27-21(11-18-6-10-26(40(32)38)23(31)12-18)25(13-17-3-4-17)35(34-27)29-33-24(15-39-29)28(36)37/h6,8-10,12,14-17H,1-4,11,13,32H2,(H,36,37). The van der Waals surface area contributed by atoms with Gasteiger partial charge in [-0.2, -0.15) is 5.10 Å². The van der Waals surface area contributed by atoms with Gasteiger partial charge in [-0.25, -0.2) is 32.6 Å². The normalized spacial score (nSPS) is 15.5. The van der Waals surface area contributed by atoms with E-state index in [0.717, 1.165) is 36.9 Å². The average Bonchev–Trinajstić information content (AvgIpc) is 3.84. The van der Waals surface area contributed by atoms with Gasteiger partial charge in [-0.15, -0.1) is 11.3 Å². The molecule has 11 heteroatoms. The molecule has 4 aromatic rings. The van der Waals surface area contributed by atoms with Crippen molar-refractivity contribution in [3.05, 3.63) is 81.5 Å². The molecular formula is C29H24F2N4O3S2. The molecule has 7 nitrogen and oxygen atoms in total. The first-order valence-electron chi connectivity index (χ1n) is 12.8. The monoisotopic (exact) mass is 578 g/mol. The second kappa shape index (κ2) is 10.7. The van der Waals surface area contributed by atoms with Gasteiger partial charge in [0.15, 0.2) is 5.69 Å². The van der Waals surface area contributed by atoms with Crippen LogP contribution in [0.15, 0.2) is 46.7 Å². The Morgan fingerprint density at radius 2 is 1.95 bits per heavy atom. The summed E-state index contributed by atoms with van der Waals surface area (Å²) in [6, 6.07) is 9.08. The summed E-state index contributed by atoms with van der Waals surface area (Å²) in [7, 11) is -1.96. The highest BCUT2D eigenvalue weighted by Crippen LogP contribution is 2.38. The summed E-state index contributed by atoms with van der Waals surface area (Å²) < 4.78 is 42.8. The molecule has 1 atom stereocenters. The SMILES string of the molecule is NS(=O)c1ccc(Cc2c(-c3ccc(F)c(C#CC4CC4)c3)nn(-c3nc(C(=O)O)cs3)c2CC2CC2)cc1F. The van der Waals surface area contributed by atoms with Crippen molar-refractivity contribution in [1.29, 1.82) is 0 Å². The highest BCUT2D eigenvalue weighted by atomic mass is 32.2. The van der Waals surface area contributed by atoms with E-state index in [0.29, 0.717) is 40.2 Å². The number of aromatic carboxylic acids is 1. The predicted octanol–water partition coefficient (Wildman–Crippen LogP) is 5.26. The number of nitrogens with zero attached hydrogens (tertiary/aromatic N) is 3. The van der Waals surface area contributed by atoms with Gasteiger partial charge >= 0.3 is 5.97 Å². The molecule has 2 saturated carbocycles. The van der Waals surface area contributed by atoms with Gasteiger partial charge in [0.2, 0.25) is 5.13 Å². The lowest BCUT2D eigenvalue weighted by molar-refractivity contribution is 0.0691.